The maximum atomic E-state index is 12.8. The minimum absolute atomic E-state index is 0.0266. The van der Waals surface area contributed by atoms with Crippen molar-refractivity contribution >= 4 is 49.9 Å². The average molecular weight is 472 g/mol. The van der Waals surface area contributed by atoms with Gasteiger partial charge >= 0.3 is 0 Å². The summed E-state index contributed by atoms with van der Waals surface area (Å²) in [6, 6.07) is 7.61. The Hall–Kier alpha value is -3.93. The van der Waals surface area contributed by atoms with E-state index in [0.717, 1.165) is 11.3 Å². The molecule has 1 aliphatic heterocycles. The first-order valence-electron chi connectivity index (χ1n) is 9.80. The van der Waals surface area contributed by atoms with Crippen molar-refractivity contribution in [1.29, 1.82) is 0 Å². The summed E-state index contributed by atoms with van der Waals surface area (Å²) in [5.41, 5.74) is 1.02. The Morgan fingerprint density at radius 3 is 2.48 bits per heavy atom. The molecule has 172 valence electrons. The van der Waals surface area contributed by atoms with E-state index in [4.69, 9.17) is 14.2 Å². The van der Waals surface area contributed by atoms with Gasteiger partial charge in [-0.3, -0.25) is 19.7 Å². The Morgan fingerprint density at radius 1 is 1.18 bits per heavy atom. The first-order chi connectivity index (χ1) is 15.8. The Morgan fingerprint density at radius 2 is 1.88 bits per heavy atom. The van der Waals surface area contributed by atoms with Crippen molar-refractivity contribution in [1.82, 2.24) is 4.98 Å². The van der Waals surface area contributed by atoms with E-state index in [0.29, 0.717) is 38.3 Å². The molecule has 0 saturated carbocycles. The van der Waals surface area contributed by atoms with Crippen LogP contribution in [0.1, 0.15) is 6.42 Å². The average Bonchev–Trinajstić information content (AvgIpc) is 3.39. The Kier molecular flexibility index (Phi) is 6.01. The number of benzene rings is 2. The van der Waals surface area contributed by atoms with Crippen molar-refractivity contribution in [2.75, 3.05) is 38.1 Å². The van der Waals surface area contributed by atoms with Gasteiger partial charge in [-0.1, -0.05) is 11.3 Å². The second kappa shape index (κ2) is 8.90. The quantitative estimate of drug-likeness (QED) is 0.409. The highest BCUT2D eigenvalue weighted by Crippen LogP contribution is 2.42. The molecule has 11 nitrogen and oxygen atoms in total. The van der Waals surface area contributed by atoms with E-state index in [1.807, 2.05) is 0 Å². The van der Waals surface area contributed by atoms with Gasteiger partial charge in [-0.15, -0.1) is 0 Å². The van der Waals surface area contributed by atoms with Gasteiger partial charge in [0.15, 0.2) is 16.6 Å². The zero-order valence-corrected chi connectivity index (χ0v) is 18.8. The summed E-state index contributed by atoms with van der Waals surface area (Å²) in [7, 11) is 4.45. The first kappa shape index (κ1) is 22.3. The van der Waals surface area contributed by atoms with Crippen LogP contribution in [0.4, 0.5) is 16.5 Å². The van der Waals surface area contributed by atoms with Crippen molar-refractivity contribution in [3.63, 3.8) is 0 Å². The molecule has 4 rings (SSSR count). The monoisotopic (exact) mass is 472 g/mol. The van der Waals surface area contributed by atoms with Gasteiger partial charge in [0.05, 0.1) is 48.1 Å². The number of methoxy groups -OCH3 is 3. The van der Waals surface area contributed by atoms with Gasteiger partial charge in [-0.25, -0.2) is 4.98 Å². The first-order valence-corrected chi connectivity index (χ1v) is 10.6. The van der Waals surface area contributed by atoms with Crippen LogP contribution in [0.2, 0.25) is 0 Å². The Labute approximate surface area is 192 Å². The van der Waals surface area contributed by atoms with E-state index in [-0.39, 0.29) is 30.5 Å². The standard InChI is InChI=1S/C21H20N4O7S/c1-30-15-7-13(8-16(31-2)19(15)32-3)24-10-11(6-18(24)26)20(27)23-21-22-14-5-4-12(25(28)29)9-17(14)33-21/h4-5,7-9,11H,6,10H2,1-3H3,(H,22,23,27)/t11-/m0/s1. The fraction of sp³-hybridized carbons (Fsp3) is 0.286. The lowest BCUT2D eigenvalue weighted by Gasteiger charge is -2.20. The molecular weight excluding hydrogens is 452 g/mol. The number of thiazole rings is 1. The van der Waals surface area contributed by atoms with Gasteiger partial charge in [0.1, 0.15) is 0 Å². The molecule has 2 aromatic carbocycles. The summed E-state index contributed by atoms with van der Waals surface area (Å²) < 4.78 is 16.6. The molecule has 0 radical (unpaired) electrons. The molecule has 1 aromatic heterocycles. The predicted octanol–water partition coefficient (Wildman–Crippen LogP) is 3.22. The van der Waals surface area contributed by atoms with Crippen molar-refractivity contribution in [3.05, 3.63) is 40.4 Å². The van der Waals surface area contributed by atoms with Crippen LogP contribution in [0, 0.1) is 16.0 Å². The van der Waals surface area contributed by atoms with Crippen LogP contribution in [0.5, 0.6) is 17.2 Å². The molecule has 0 bridgehead atoms. The van der Waals surface area contributed by atoms with Crippen LogP contribution in [-0.2, 0) is 9.59 Å². The number of aromatic nitrogens is 1. The number of nitrogens with zero attached hydrogens (tertiary/aromatic N) is 3. The minimum Gasteiger partial charge on any atom is -0.493 e. The number of anilines is 2. The molecule has 1 atom stereocenters. The molecule has 1 fully saturated rings. The third-order valence-corrected chi connectivity index (χ3v) is 6.20. The number of hydrogen-bond acceptors (Lipinski definition) is 9. The number of nitro benzene ring substituents is 1. The molecule has 1 saturated heterocycles. The Bertz CT molecular complexity index is 1230. The number of amides is 2. The van der Waals surface area contributed by atoms with E-state index in [2.05, 4.69) is 10.3 Å². The number of fused-ring (bicyclic) bond motifs is 1. The summed E-state index contributed by atoms with van der Waals surface area (Å²) in [5, 5.41) is 14.0. The molecule has 0 unspecified atom stereocenters. The lowest BCUT2D eigenvalue weighted by atomic mass is 10.1. The molecule has 1 aliphatic rings. The van der Waals surface area contributed by atoms with E-state index < -0.39 is 10.8 Å². The predicted molar refractivity (Wildman–Crippen MR) is 121 cm³/mol. The van der Waals surface area contributed by atoms with E-state index in [1.54, 1.807) is 12.1 Å². The van der Waals surface area contributed by atoms with Crippen LogP contribution < -0.4 is 24.4 Å². The third-order valence-electron chi connectivity index (χ3n) is 5.27. The van der Waals surface area contributed by atoms with Gasteiger partial charge in [0.25, 0.3) is 5.69 Å². The fourth-order valence-electron chi connectivity index (χ4n) is 3.64. The number of carbonyl (C=O) groups is 2. The van der Waals surface area contributed by atoms with Crippen LogP contribution in [0.3, 0.4) is 0 Å². The van der Waals surface area contributed by atoms with Gasteiger partial charge in [-0.2, -0.15) is 0 Å². The molecule has 2 amide bonds. The fourth-order valence-corrected chi connectivity index (χ4v) is 4.55. The maximum Gasteiger partial charge on any atom is 0.270 e. The lowest BCUT2D eigenvalue weighted by molar-refractivity contribution is -0.384. The highest BCUT2D eigenvalue weighted by Gasteiger charge is 2.36. The number of non-ortho nitro benzene ring substituents is 1. The van der Waals surface area contributed by atoms with Crippen molar-refractivity contribution < 1.29 is 28.7 Å². The van der Waals surface area contributed by atoms with Gasteiger partial charge in [-0.05, 0) is 6.07 Å². The Balaban J connectivity index is 1.52. The molecule has 1 N–H and O–H groups in total. The van der Waals surface area contributed by atoms with Gasteiger partial charge in [0, 0.05) is 37.2 Å². The van der Waals surface area contributed by atoms with Gasteiger partial charge < -0.3 is 24.4 Å². The highest BCUT2D eigenvalue weighted by molar-refractivity contribution is 7.22. The molecule has 0 spiro atoms. The number of nitrogens with one attached hydrogen (secondary N) is 1. The largest absolute Gasteiger partial charge is 0.493 e. The normalized spacial score (nSPS) is 15.5. The summed E-state index contributed by atoms with van der Waals surface area (Å²) in [5.74, 6) is 0.0298. The number of hydrogen-bond donors (Lipinski definition) is 1. The van der Waals surface area contributed by atoms with E-state index >= 15 is 0 Å². The number of rotatable bonds is 7. The van der Waals surface area contributed by atoms with Crippen molar-refractivity contribution in [3.8, 4) is 17.2 Å². The number of ether oxygens (including phenoxy) is 3. The smallest absolute Gasteiger partial charge is 0.270 e. The summed E-state index contributed by atoms with van der Waals surface area (Å²) in [6.45, 7) is 0.166. The zero-order chi connectivity index (χ0) is 23.7. The van der Waals surface area contributed by atoms with E-state index in [1.165, 1.54) is 44.4 Å². The molecule has 3 aromatic rings. The second-order valence-corrected chi connectivity index (χ2v) is 8.24. The van der Waals surface area contributed by atoms with E-state index in [9.17, 15) is 19.7 Å². The van der Waals surface area contributed by atoms with Crippen LogP contribution >= 0.6 is 11.3 Å². The third kappa shape index (κ3) is 4.24. The zero-order valence-electron chi connectivity index (χ0n) is 18.0. The molecule has 33 heavy (non-hydrogen) atoms. The second-order valence-electron chi connectivity index (χ2n) is 7.21. The highest BCUT2D eigenvalue weighted by atomic mass is 32.1. The minimum atomic E-state index is -0.599. The van der Waals surface area contributed by atoms with Crippen molar-refractivity contribution in [2.24, 2.45) is 5.92 Å². The molecule has 12 heteroatoms. The van der Waals surface area contributed by atoms with Crippen LogP contribution in [0.25, 0.3) is 10.2 Å². The summed E-state index contributed by atoms with van der Waals surface area (Å²) in [4.78, 5) is 41.8. The number of carbonyl (C=O) groups excluding carboxylic acids is 2. The lowest BCUT2D eigenvalue weighted by Crippen LogP contribution is -2.28. The summed E-state index contributed by atoms with van der Waals surface area (Å²) >= 11 is 1.13. The number of nitro groups is 1. The topological polar surface area (TPSA) is 133 Å². The van der Waals surface area contributed by atoms with Gasteiger partial charge in [0.2, 0.25) is 17.6 Å². The maximum absolute atomic E-state index is 12.8. The van der Waals surface area contributed by atoms with Crippen LogP contribution in [-0.4, -0.2) is 49.6 Å². The summed E-state index contributed by atoms with van der Waals surface area (Å²) in [6.07, 6.45) is 0.0266. The SMILES string of the molecule is COc1cc(N2C[C@@H](C(=O)Nc3nc4ccc([N+](=O)[O-])cc4s3)CC2=O)cc(OC)c1OC. The molecular formula is C21H20N4O7S. The van der Waals surface area contributed by atoms with Crippen LogP contribution in [0.15, 0.2) is 30.3 Å². The van der Waals surface area contributed by atoms with Crippen molar-refractivity contribution in [2.45, 2.75) is 6.42 Å². The molecule has 2 heterocycles. The molecule has 0 aliphatic carbocycles.